The van der Waals surface area contributed by atoms with E-state index in [1.165, 1.54) is 13.2 Å². The summed E-state index contributed by atoms with van der Waals surface area (Å²) >= 11 is 0. The Hall–Kier alpha value is -3.70. The minimum absolute atomic E-state index is 0.00453. The molecule has 1 N–H and O–H groups in total. The average Bonchev–Trinajstić information content (AvgIpc) is 3.24. The highest BCUT2D eigenvalue weighted by Gasteiger charge is 2.38. The van der Waals surface area contributed by atoms with Gasteiger partial charge in [0.1, 0.15) is 5.82 Å². The van der Waals surface area contributed by atoms with Crippen LogP contribution in [0.3, 0.4) is 0 Å². The van der Waals surface area contributed by atoms with Gasteiger partial charge in [-0.25, -0.2) is 4.79 Å². The van der Waals surface area contributed by atoms with Crippen molar-refractivity contribution in [2.24, 2.45) is 5.92 Å². The highest BCUT2D eigenvalue weighted by molar-refractivity contribution is 5.97. The Bertz CT molecular complexity index is 1200. The molecule has 12 heteroatoms. The smallest absolute Gasteiger partial charge is 0.453 e. The van der Waals surface area contributed by atoms with Crippen molar-refractivity contribution in [3.8, 4) is 0 Å². The molecule has 1 aliphatic rings. The van der Waals surface area contributed by atoms with Gasteiger partial charge in [-0.15, -0.1) is 15.3 Å². The molecule has 0 bridgehead atoms. The number of methoxy groups -OCH3 is 1. The highest BCUT2D eigenvalue weighted by atomic mass is 19.4. The zero-order valence-electron chi connectivity index (χ0n) is 17.9. The minimum Gasteiger partial charge on any atom is -0.465 e. The number of ether oxygens (including phenoxy) is 1. The number of benzene rings is 1. The topological polar surface area (TPSA) is 102 Å². The van der Waals surface area contributed by atoms with Gasteiger partial charge < -0.3 is 15.0 Å². The maximum absolute atomic E-state index is 13.1. The van der Waals surface area contributed by atoms with Gasteiger partial charge >= 0.3 is 12.1 Å². The van der Waals surface area contributed by atoms with Crippen molar-refractivity contribution in [3.05, 3.63) is 47.3 Å². The maximum atomic E-state index is 13.1. The van der Waals surface area contributed by atoms with Crippen LogP contribution in [0.15, 0.2) is 30.3 Å². The lowest BCUT2D eigenvalue weighted by Crippen LogP contribution is -2.39. The van der Waals surface area contributed by atoms with E-state index in [4.69, 9.17) is 4.74 Å². The molecular weight excluding hydrogens is 441 g/mol. The number of fused-ring (bicyclic) bond motifs is 1. The first-order chi connectivity index (χ1) is 15.7. The lowest BCUT2D eigenvalue weighted by molar-refractivity contribution is -0.146. The van der Waals surface area contributed by atoms with Crippen LogP contribution in [0.4, 0.5) is 24.7 Å². The summed E-state index contributed by atoms with van der Waals surface area (Å²) in [5.41, 5.74) is 1.52. The molecule has 1 aliphatic heterocycles. The van der Waals surface area contributed by atoms with Crippen molar-refractivity contribution in [3.63, 3.8) is 0 Å². The van der Waals surface area contributed by atoms with Crippen LogP contribution >= 0.6 is 0 Å². The van der Waals surface area contributed by atoms with Gasteiger partial charge in [0, 0.05) is 24.7 Å². The molecule has 0 spiro atoms. The number of nitrogens with zero attached hydrogens (tertiary/aromatic N) is 5. The van der Waals surface area contributed by atoms with Crippen LogP contribution < -0.4 is 10.2 Å². The number of nitrogens with one attached hydrogen (secondary N) is 1. The molecule has 2 aromatic heterocycles. The first-order valence-electron chi connectivity index (χ1n) is 10.2. The quantitative estimate of drug-likeness (QED) is 0.595. The van der Waals surface area contributed by atoms with Crippen LogP contribution in [0.1, 0.15) is 34.6 Å². The van der Waals surface area contributed by atoms with Gasteiger partial charge in [0.25, 0.3) is 5.82 Å². The fourth-order valence-electron chi connectivity index (χ4n) is 3.83. The number of piperidine rings is 1. The van der Waals surface area contributed by atoms with Gasteiger partial charge in [-0.2, -0.15) is 17.7 Å². The van der Waals surface area contributed by atoms with E-state index in [-0.39, 0.29) is 17.5 Å². The van der Waals surface area contributed by atoms with Gasteiger partial charge in [-0.05, 0) is 49.6 Å². The molecule has 9 nitrogen and oxygen atoms in total. The molecule has 1 aromatic carbocycles. The van der Waals surface area contributed by atoms with Crippen LogP contribution in [0.2, 0.25) is 0 Å². The standard InChI is InChI=1S/C21H21F3N6O3/c1-12-14(19(32)33-2)4-3-5-15(12)25-18(31)13-8-10-29(11-9-13)17-7-6-16-26-27-20(21(22,23)24)30(16)28-17/h3-7,13H,8-11H2,1-2H3,(H,25,31). The monoisotopic (exact) mass is 462 g/mol. The Balaban J connectivity index is 1.43. The average molecular weight is 462 g/mol. The summed E-state index contributed by atoms with van der Waals surface area (Å²) in [5.74, 6) is -1.78. The molecule has 3 heterocycles. The fraction of sp³-hybridized carbons (Fsp3) is 0.381. The first-order valence-corrected chi connectivity index (χ1v) is 10.2. The van der Waals surface area contributed by atoms with E-state index < -0.39 is 18.0 Å². The Morgan fingerprint density at radius 2 is 1.85 bits per heavy atom. The predicted octanol–water partition coefficient (Wildman–Crippen LogP) is 3.09. The number of halogens is 3. The lowest BCUT2D eigenvalue weighted by atomic mass is 9.95. The van der Waals surface area contributed by atoms with E-state index >= 15 is 0 Å². The number of anilines is 2. The largest absolute Gasteiger partial charge is 0.465 e. The number of carbonyl (C=O) groups excluding carboxylic acids is 2. The van der Waals surface area contributed by atoms with E-state index in [2.05, 4.69) is 20.6 Å². The van der Waals surface area contributed by atoms with Crippen LogP contribution in [-0.2, 0) is 15.7 Å². The van der Waals surface area contributed by atoms with Crippen LogP contribution in [0.5, 0.6) is 0 Å². The number of amides is 1. The Kier molecular flexibility index (Phi) is 5.91. The number of rotatable bonds is 4. The molecule has 3 aromatic rings. The van der Waals surface area contributed by atoms with Crippen molar-refractivity contribution >= 4 is 29.0 Å². The molecule has 0 unspecified atom stereocenters. The molecule has 0 saturated carbocycles. The summed E-state index contributed by atoms with van der Waals surface area (Å²) < 4.78 is 44.8. The molecule has 0 radical (unpaired) electrons. The van der Waals surface area contributed by atoms with E-state index in [0.717, 1.165) is 0 Å². The third kappa shape index (κ3) is 4.45. The molecule has 0 atom stereocenters. The van der Waals surface area contributed by atoms with Crippen molar-refractivity contribution in [2.45, 2.75) is 25.9 Å². The third-order valence-electron chi connectivity index (χ3n) is 5.69. The summed E-state index contributed by atoms with van der Waals surface area (Å²) in [6.07, 6.45) is -3.68. The summed E-state index contributed by atoms with van der Waals surface area (Å²) in [4.78, 5) is 26.5. The third-order valence-corrected chi connectivity index (χ3v) is 5.69. The molecule has 1 amide bonds. The molecule has 174 valence electrons. The minimum atomic E-state index is -4.67. The van der Waals surface area contributed by atoms with Gasteiger partial charge in [-0.1, -0.05) is 6.07 Å². The molecule has 0 aliphatic carbocycles. The molecular formula is C21H21F3N6O3. The molecule has 1 saturated heterocycles. The first kappa shape index (κ1) is 22.5. The summed E-state index contributed by atoms with van der Waals surface area (Å²) in [7, 11) is 1.29. The summed E-state index contributed by atoms with van der Waals surface area (Å²) in [6.45, 7) is 2.62. The van der Waals surface area contributed by atoms with Crippen molar-refractivity contribution in [2.75, 3.05) is 30.4 Å². The zero-order valence-corrected chi connectivity index (χ0v) is 17.9. The fourth-order valence-corrected chi connectivity index (χ4v) is 3.83. The SMILES string of the molecule is COC(=O)c1cccc(NC(=O)C2CCN(c3ccc4nnc(C(F)(F)F)n4n3)CC2)c1C. The van der Waals surface area contributed by atoms with Crippen LogP contribution in [-0.4, -0.2) is 51.9 Å². The normalized spacial score (nSPS) is 15.0. The van der Waals surface area contributed by atoms with Crippen molar-refractivity contribution in [1.29, 1.82) is 0 Å². The number of carbonyl (C=O) groups is 2. The Morgan fingerprint density at radius 3 is 2.52 bits per heavy atom. The zero-order chi connectivity index (χ0) is 23.8. The number of esters is 1. The van der Waals surface area contributed by atoms with Crippen LogP contribution in [0, 0.1) is 12.8 Å². The molecule has 1 fully saturated rings. The second-order valence-corrected chi connectivity index (χ2v) is 7.70. The van der Waals surface area contributed by atoms with E-state index in [9.17, 15) is 22.8 Å². The predicted molar refractivity (Wildman–Crippen MR) is 112 cm³/mol. The summed E-state index contributed by atoms with van der Waals surface area (Å²) in [5, 5.41) is 13.6. The second kappa shape index (κ2) is 8.68. The number of hydrogen-bond donors (Lipinski definition) is 1. The van der Waals surface area contributed by atoms with Gasteiger partial charge in [0.2, 0.25) is 5.91 Å². The van der Waals surface area contributed by atoms with E-state index in [0.29, 0.717) is 53.1 Å². The van der Waals surface area contributed by atoms with Gasteiger partial charge in [-0.3, -0.25) is 4.79 Å². The summed E-state index contributed by atoms with van der Waals surface area (Å²) in [6, 6.07) is 8.02. The molecule has 33 heavy (non-hydrogen) atoms. The van der Waals surface area contributed by atoms with E-state index in [1.807, 2.05) is 4.90 Å². The highest BCUT2D eigenvalue weighted by Crippen LogP contribution is 2.29. The number of aromatic nitrogens is 4. The van der Waals surface area contributed by atoms with Crippen molar-refractivity contribution in [1.82, 2.24) is 19.8 Å². The maximum Gasteiger partial charge on any atom is 0.453 e. The van der Waals surface area contributed by atoms with Crippen molar-refractivity contribution < 1.29 is 27.5 Å². The van der Waals surface area contributed by atoms with Crippen LogP contribution in [0.25, 0.3) is 5.65 Å². The van der Waals surface area contributed by atoms with Gasteiger partial charge in [0.05, 0.1) is 12.7 Å². The second-order valence-electron chi connectivity index (χ2n) is 7.70. The number of hydrogen-bond acceptors (Lipinski definition) is 7. The Labute approximate surface area is 186 Å². The van der Waals surface area contributed by atoms with E-state index in [1.54, 1.807) is 31.2 Å². The number of alkyl halides is 3. The molecule has 4 rings (SSSR count). The van der Waals surface area contributed by atoms with Gasteiger partial charge in [0.15, 0.2) is 5.65 Å². The Morgan fingerprint density at radius 1 is 1.12 bits per heavy atom. The lowest BCUT2D eigenvalue weighted by Gasteiger charge is -2.32.